The third-order valence-corrected chi connectivity index (χ3v) is 3.39. The van der Waals surface area contributed by atoms with Gasteiger partial charge in [-0.2, -0.15) is 0 Å². The van der Waals surface area contributed by atoms with Crippen molar-refractivity contribution in [3.63, 3.8) is 0 Å². The van der Waals surface area contributed by atoms with Gasteiger partial charge in [0.15, 0.2) is 11.6 Å². The molecule has 17 heavy (non-hydrogen) atoms. The van der Waals surface area contributed by atoms with Crippen LogP contribution in [0.1, 0.15) is 19.3 Å². The lowest BCUT2D eigenvalue weighted by Crippen LogP contribution is -2.51. The molecule has 0 spiro atoms. The molecule has 2 N–H and O–H groups in total. The van der Waals surface area contributed by atoms with Gasteiger partial charge in [0.2, 0.25) is 5.91 Å². The van der Waals surface area contributed by atoms with Gasteiger partial charge in [0.1, 0.15) is 18.1 Å². The van der Waals surface area contributed by atoms with Crippen molar-refractivity contribution in [1.82, 2.24) is 9.97 Å². The van der Waals surface area contributed by atoms with Crippen LogP contribution in [0.5, 0.6) is 0 Å². The number of hydrogen-bond acceptors (Lipinski definition) is 5. The lowest BCUT2D eigenvalue weighted by atomic mass is 9.99. The van der Waals surface area contributed by atoms with Gasteiger partial charge in [-0.1, -0.05) is 0 Å². The second-order valence-electron chi connectivity index (χ2n) is 4.37. The summed E-state index contributed by atoms with van der Waals surface area (Å²) in [5, 5.41) is 5.89. The van der Waals surface area contributed by atoms with Crippen molar-refractivity contribution in [3.05, 3.63) is 6.33 Å². The van der Waals surface area contributed by atoms with Crippen LogP contribution >= 0.6 is 0 Å². The van der Waals surface area contributed by atoms with Gasteiger partial charge < -0.3 is 15.5 Å². The summed E-state index contributed by atoms with van der Waals surface area (Å²) in [6.07, 6.45) is 4.66. The quantitative estimate of drug-likeness (QED) is 0.751. The first-order chi connectivity index (χ1) is 8.31. The zero-order valence-corrected chi connectivity index (χ0v) is 9.73. The van der Waals surface area contributed by atoms with Crippen molar-refractivity contribution in [2.75, 3.05) is 29.1 Å². The summed E-state index contributed by atoms with van der Waals surface area (Å²) in [6, 6.07) is -0.0594. The van der Waals surface area contributed by atoms with Crippen LogP contribution < -0.4 is 15.5 Å². The van der Waals surface area contributed by atoms with Crippen molar-refractivity contribution in [2.45, 2.75) is 25.3 Å². The van der Waals surface area contributed by atoms with E-state index in [1.807, 2.05) is 0 Å². The van der Waals surface area contributed by atoms with Crippen molar-refractivity contribution >= 4 is 23.2 Å². The predicted molar refractivity (Wildman–Crippen MR) is 65.2 cm³/mol. The second kappa shape index (κ2) is 3.87. The van der Waals surface area contributed by atoms with Gasteiger partial charge in [-0.15, -0.1) is 0 Å². The number of piperidine rings is 1. The maximum absolute atomic E-state index is 12.0. The summed E-state index contributed by atoms with van der Waals surface area (Å²) in [6.45, 7) is 0.894. The van der Waals surface area contributed by atoms with Gasteiger partial charge in [-0.3, -0.25) is 4.79 Å². The Labute approximate surface area is 99.4 Å². The summed E-state index contributed by atoms with van der Waals surface area (Å²) in [5.41, 5.74) is 0.707. The second-order valence-corrected chi connectivity index (χ2v) is 4.37. The van der Waals surface area contributed by atoms with Crippen LogP contribution in [0.15, 0.2) is 6.33 Å². The molecule has 1 atom stereocenters. The molecule has 1 aromatic rings. The molecule has 3 heterocycles. The lowest BCUT2D eigenvalue weighted by Gasteiger charge is -2.40. The standard InChI is InChI=1S/C11H15N5O/c1-12-9-8-10(14-6-13-9)16-5-3-2-4-7(16)11(17)15-8/h6-7H,2-5H2,1H3,(H,15,17)(H,12,13,14). The first-order valence-corrected chi connectivity index (χ1v) is 5.91. The van der Waals surface area contributed by atoms with Crippen LogP contribution in [-0.4, -0.2) is 35.5 Å². The first-order valence-electron chi connectivity index (χ1n) is 5.91. The average Bonchev–Trinajstić information content (AvgIpc) is 2.39. The van der Waals surface area contributed by atoms with Crippen molar-refractivity contribution in [3.8, 4) is 0 Å². The summed E-state index contributed by atoms with van der Waals surface area (Å²) < 4.78 is 0. The van der Waals surface area contributed by atoms with E-state index in [1.165, 1.54) is 6.33 Å². The van der Waals surface area contributed by atoms with Crippen molar-refractivity contribution in [1.29, 1.82) is 0 Å². The molecule has 3 rings (SSSR count). The molecule has 6 heteroatoms. The van der Waals surface area contributed by atoms with E-state index in [-0.39, 0.29) is 11.9 Å². The Morgan fingerprint density at radius 3 is 3.18 bits per heavy atom. The lowest BCUT2D eigenvalue weighted by molar-refractivity contribution is -0.118. The van der Waals surface area contributed by atoms with Gasteiger partial charge >= 0.3 is 0 Å². The third kappa shape index (κ3) is 1.51. The number of nitrogens with zero attached hydrogens (tertiary/aromatic N) is 3. The van der Waals surface area contributed by atoms with Gasteiger partial charge in [0.25, 0.3) is 0 Å². The molecule has 2 aliphatic heterocycles. The highest BCUT2D eigenvalue weighted by molar-refractivity contribution is 6.05. The van der Waals surface area contributed by atoms with E-state index in [1.54, 1.807) is 7.05 Å². The number of carbonyl (C=O) groups is 1. The molecule has 6 nitrogen and oxygen atoms in total. The number of fused-ring (bicyclic) bond motifs is 3. The molecule has 0 aliphatic carbocycles. The maximum Gasteiger partial charge on any atom is 0.247 e. The van der Waals surface area contributed by atoms with Crippen LogP contribution in [-0.2, 0) is 4.79 Å². The highest BCUT2D eigenvalue weighted by atomic mass is 16.2. The van der Waals surface area contributed by atoms with E-state index >= 15 is 0 Å². The summed E-state index contributed by atoms with van der Waals surface area (Å²) in [4.78, 5) is 22.5. The minimum Gasteiger partial charge on any atom is -0.371 e. The first kappa shape index (κ1) is 10.3. The molecule has 90 valence electrons. The highest BCUT2D eigenvalue weighted by Gasteiger charge is 2.36. The Morgan fingerprint density at radius 2 is 2.35 bits per heavy atom. The molecular weight excluding hydrogens is 218 g/mol. The fourth-order valence-electron chi connectivity index (χ4n) is 2.56. The van der Waals surface area contributed by atoms with E-state index in [2.05, 4.69) is 25.5 Å². The van der Waals surface area contributed by atoms with E-state index < -0.39 is 0 Å². The number of nitrogens with one attached hydrogen (secondary N) is 2. The Bertz CT molecular complexity index is 461. The molecule has 1 fully saturated rings. The number of amides is 1. The molecule has 2 aliphatic rings. The maximum atomic E-state index is 12.0. The zero-order chi connectivity index (χ0) is 11.8. The van der Waals surface area contributed by atoms with E-state index in [0.717, 1.165) is 31.6 Å². The smallest absolute Gasteiger partial charge is 0.247 e. The molecule has 0 bridgehead atoms. The molecule has 1 saturated heterocycles. The van der Waals surface area contributed by atoms with Crippen LogP contribution in [0.25, 0.3) is 0 Å². The number of aromatic nitrogens is 2. The van der Waals surface area contributed by atoms with E-state index in [4.69, 9.17) is 0 Å². The molecule has 1 amide bonds. The minimum atomic E-state index is -0.0594. The van der Waals surface area contributed by atoms with Gasteiger partial charge in [-0.25, -0.2) is 9.97 Å². The molecule has 1 unspecified atom stereocenters. The number of hydrogen-bond donors (Lipinski definition) is 2. The number of carbonyl (C=O) groups excluding carboxylic acids is 1. The van der Waals surface area contributed by atoms with Crippen LogP contribution in [0.2, 0.25) is 0 Å². The largest absolute Gasteiger partial charge is 0.371 e. The summed E-state index contributed by atoms with van der Waals surface area (Å²) in [7, 11) is 1.79. The SMILES string of the molecule is CNc1ncnc2c1NC(=O)C1CCCCN21. The fourth-order valence-corrected chi connectivity index (χ4v) is 2.56. The molecule has 0 aromatic carbocycles. The van der Waals surface area contributed by atoms with Crippen molar-refractivity contribution < 1.29 is 4.79 Å². The van der Waals surface area contributed by atoms with E-state index in [9.17, 15) is 4.79 Å². The van der Waals surface area contributed by atoms with Crippen LogP contribution in [0.4, 0.5) is 17.3 Å². The monoisotopic (exact) mass is 233 g/mol. The zero-order valence-electron chi connectivity index (χ0n) is 9.73. The molecule has 0 saturated carbocycles. The molecule has 1 aromatic heterocycles. The number of rotatable bonds is 1. The Hall–Kier alpha value is -1.85. The fraction of sp³-hybridized carbons (Fsp3) is 0.545. The highest BCUT2D eigenvalue weighted by Crippen LogP contribution is 2.37. The minimum absolute atomic E-state index is 0.0588. The van der Waals surface area contributed by atoms with Crippen LogP contribution in [0.3, 0.4) is 0 Å². The van der Waals surface area contributed by atoms with Gasteiger partial charge in [0.05, 0.1) is 0 Å². The van der Waals surface area contributed by atoms with E-state index in [0.29, 0.717) is 11.5 Å². The number of anilines is 3. The van der Waals surface area contributed by atoms with Gasteiger partial charge in [-0.05, 0) is 19.3 Å². The van der Waals surface area contributed by atoms with Gasteiger partial charge in [0, 0.05) is 13.6 Å². The average molecular weight is 233 g/mol. The Kier molecular flexibility index (Phi) is 2.35. The normalized spacial score (nSPS) is 22.5. The Balaban J connectivity index is 2.08. The summed E-state index contributed by atoms with van der Waals surface area (Å²) >= 11 is 0. The topological polar surface area (TPSA) is 70.1 Å². The molecule has 0 radical (unpaired) electrons. The van der Waals surface area contributed by atoms with Crippen molar-refractivity contribution in [2.24, 2.45) is 0 Å². The van der Waals surface area contributed by atoms with Crippen LogP contribution in [0, 0.1) is 0 Å². The Morgan fingerprint density at radius 1 is 1.47 bits per heavy atom. The molecular formula is C11H15N5O. The predicted octanol–water partition coefficient (Wildman–Crippen LogP) is 0.829. The third-order valence-electron chi connectivity index (χ3n) is 3.39. The summed E-state index contributed by atoms with van der Waals surface area (Å²) in [5.74, 6) is 1.57.